The highest BCUT2D eigenvalue weighted by molar-refractivity contribution is 7.19. The SMILES string of the molecule is Cc1ccccc1-c1cnc(NC(=O)NC[C@@H]2CC[C@H](O)C2)s1. The zero-order chi connectivity index (χ0) is 16.2. The van der Waals surface area contributed by atoms with Crippen LogP contribution in [0.3, 0.4) is 0 Å². The first-order valence-corrected chi connectivity index (χ1v) is 8.68. The van der Waals surface area contributed by atoms with Crippen LogP contribution in [-0.2, 0) is 0 Å². The van der Waals surface area contributed by atoms with Crippen molar-refractivity contribution in [3.8, 4) is 10.4 Å². The van der Waals surface area contributed by atoms with Gasteiger partial charge in [0, 0.05) is 12.7 Å². The minimum absolute atomic E-state index is 0.208. The average molecular weight is 331 g/mol. The molecule has 0 spiro atoms. The van der Waals surface area contributed by atoms with Crippen molar-refractivity contribution in [3.63, 3.8) is 0 Å². The first kappa shape index (κ1) is 16.0. The molecule has 3 N–H and O–H groups in total. The van der Waals surface area contributed by atoms with E-state index < -0.39 is 0 Å². The van der Waals surface area contributed by atoms with Gasteiger partial charge in [0.15, 0.2) is 5.13 Å². The monoisotopic (exact) mass is 331 g/mol. The number of carbonyl (C=O) groups excluding carboxylic acids is 1. The Bertz CT molecular complexity index is 686. The van der Waals surface area contributed by atoms with Crippen LogP contribution in [0.4, 0.5) is 9.93 Å². The molecule has 0 saturated heterocycles. The summed E-state index contributed by atoms with van der Waals surface area (Å²) in [5, 5.41) is 15.7. The molecule has 0 radical (unpaired) electrons. The van der Waals surface area contributed by atoms with Gasteiger partial charge in [0.2, 0.25) is 0 Å². The van der Waals surface area contributed by atoms with Crippen LogP contribution in [0.2, 0.25) is 0 Å². The van der Waals surface area contributed by atoms with E-state index in [1.807, 2.05) is 12.1 Å². The Kier molecular flexibility index (Phi) is 4.93. The fourth-order valence-corrected chi connectivity index (χ4v) is 3.82. The van der Waals surface area contributed by atoms with Gasteiger partial charge in [-0.15, -0.1) is 0 Å². The lowest BCUT2D eigenvalue weighted by molar-refractivity contribution is 0.177. The first-order chi connectivity index (χ1) is 11.1. The number of nitrogens with one attached hydrogen (secondary N) is 2. The van der Waals surface area contributed by atoms with Crippen molar-refractivity contribution in [2.24, 2.45) is 5.92 Å². The largest absolute Gasteiger partial charge is 0.393 e. The summed E-state index contributed by atoms with van der Waals surface area (Å²) in [7, 11) is 0. The lowest BCUT2D eigenvalue weighted by Gasteiger charge is -2.10. The second-order valence-electron chi connectivity index (χ2n) is 6.01. The molecule has 1 fully saturated rings. The van der Waals surface area contributed by atoms with E-state index in [0.29, 0.717) is 17.6 Å². The maximum absolute atomic E-state index is 11.9. The Balaban J connectivity index is 1.54. The van der Waals surface area contributed by atoms with Gasteiger partial charge in [-0.1, -0.05) is 35.6 Å². The standard InChI is InChI=1S/C17H21N3O2S/c1-11-4-2-3-5-14(11)15-10-19-17(23-15)20-16(22)18-9-12-6-7-13(21)8-12/h2-5,10,12-13,21H,6-9H2,1H3,(H2,18,19,20,22)/t12-,13+/m1/s1. The molecule has 5 nitrogen and oxygen atoms in total. The van der Waals surface area contributed by atoms with Crippen LogP contribution >= 0.6 is 11.3 Å². The van der Waals surface area contributed by atoms with Gasteiger partial charge in [0.1, 0.15) is 0 Å². The van der Waals surface area contributed by atoms with E-state index in [1.165, 1.54) is 16.9 Å². The Morgan fingerprint density at radius 3 is 2.96 bits per heavy atom. The van der Waals surface area contributed by atoms with Crippen LogP contribution in [-0.4, -0.2) is 28.8 Å². The molecule has 2 atom stereocenters. The number of aryl methyl sites for hydroxylation is 1. The average Bonchev–Trinajstić information content (AvgIpc) is 3.15. The second-order valence-corrected chi connectivity index (χ2v) is 7.04. The van der Waals surface area contributed by atoms with Gasteiger partial charge in [-0.3, -0.25) is 5.32 Å². The first-order valence-electron chi connectivity index (χ1n) is 7.86. The molecule has 1 aliphatic carbocycles. The Morgan fingerprint density at radius 1 is 1.39 bits per heavy atom. The molecule has 0 unspecified atom stereocenters. The van der Waals surface area contributed by atoms with Crippen LogP contribution < -0.4 is 10.6 Å². The number of benzene rings is 1. The maximum atomic E-state index is 11.9. The van der Waals surface area contributed by atoms with Crippen LogP contribution in [0.25, 0.3) is 10.4 Å². The van der Waals surface area contributed by atoms with Crippen molar-refractivity contribution >= 4 is 22.5 Å². The molecule has 2 aromatic rings. The van der Waals surface area contributed by atoms with E-state index in [2.05, 4.69) is 34.7 Å². The Morgan fingerprint density at radius 2 is 2.22 bits per heavy atom. The third-order valence-electron chi connectivity index (χ3n) is 4.20. The summed E-state index contributed by atoms with van der Waals surface area (Å²) < 4.78 is 0. The number of aliphatic hydroxyl groups is 1. The lowest BCUT2D eigenvalue weighted by atomic mass is 10.1. The van der Waals surface area contributed by atoms with Crippen molar-refractivity contribution in [3.05, 3.63) is 36.0 Å². The molecular formula is C17H21N3O2S. The summed E-state index contributed by atoms with van der Waals surface area (Å²) in [5.74, 6) is 0.370. The van der Waals surface area contributed by atoms with Crippen molar-refractivity contribution in [1.29, 1.82) is 0 Å². The number of aromatic nitrogens is 1. The summed E-state index contributed by atoms with van der Waals surface area (Å²) in [4.78, 5) is 17.3. The van der Waals surface area contributed by atoms with Crippen molar-refractivity contribution in [2.45, 2.75) is 32.3 Å². The molecule has 2 amide bonds. The highest BCUT2D eigenvalue weighted by atomic mass is 32.1. The second kappa shape index (κ2) is 7.10. The molecule has 6 heteroatoms. The third kappa shape index (κ3) is 4.09. The molecular weight excluding hydrogens is 310 g/mol. The number of urea groups is 1. The molecule has 0 aliphatic heterocycles. The van der Waals surface area contributed by atoms with E-state index in [1.54, 1.807) is 6.20 Å². The van der Waals surface area contributed by atoms with Crippen LogP contribution in [0, 0.1) is 12.8 Å². The van der Waals surface area contributed by atoms with Crippen LogP contribution in [0.1, 0.15) is 24.8 Å². The number of hydrogen-bond acceptors (Lipinski definition) is 4. The smallest absolute Gasteiger partial charge is 0.321 e. The summed E-state index contributed by atoms with van der Waals surface area (Å²) in [6, 6.07) is 7.88. The third-order valence-corrected chi connectivity index (χ3v) is 5.15. The van der Waals surface area contributed by atoms with E-state index in [0.717, 1.165) is 29.7 Å². The fraction of sp³-hybridized carbons (Fsp3) is 0.412. The van der Waals surface area contributed by atoms with Crippen molar-refractivity contribution in [1.82, 2.24) is 10.3 Å². The van der Waals surface area contributed by atoms with Gasteiger partial charge in [-0.2, -0.15) is 0 Å². The molecule has 1 aliphatic rings. The van der Waals surface area contributed by atoms with Gasteiger partial charge in [0.05, 0.1) is 11.0 Å². The van der Waals surface area contributed by atoms with Gasteiger partial charge < -0.3 is 10.4 Å². The number of nitrogens with zero attached hydrogens (tertiary/aromatic N) is 1. The van der Waals surface area contributed by atoms with E-state index in [-0.39, 0.29) is 12.1 Å². The Hall–Kier alpha value is -1.92. The zero-order valence-corrected chi connectivity index (χ0v) is 13.9. The van der Waals surface area contributed by atoms with Gasteiger partial charge in [0.25, 0.3) is 0 Å². The van der Waals surface area contributed by atoms with Crippen molar-refractivity contribution < 1.29 is 9.90 Å². The predicted octanol–water partition coefficient (Wildman–Crippen LogP) is 3.40. The molecule has 1 aromatic heterocycles. The minimum atomic E-state index is -0.239. The van der Waals surface area contributed by atoms with Crippen LogP contribution in [0.15, 0.2) is 30.5 Å². The highest BCUT2D eigenvalue weighted by Gasteiger charge is 2.23. The van der Waals surface area contributed by atoms with Crippen molar-refractivity contribution in [2.75, 3.05) is 11.9 Å². The normalized spacial score (nSPS) is 20.4. The molecule has 1 saturated carbocycles. The van der Waals surface area contributed by atoms with Gasteiger partial charge >= 0.3 is 6.03 Å². The zero-order valence-electron chi connectivity index (χ0n) is 13.1. The van der Waals surface area contributed by atoms with Gasteiger partial charge in [-0.05, 0) is 43.2 Å². The molecule has 1 aromatic carbocycles. The number of anilines is 1. The number of amides is 2. The number of rotatable bonds is 4. The van der Waals surface area contributed by atoms with E-state index in [9.17, 15) is 9.90 Å². The number of thiazole rings is 1. The minimum Gasteiger partial charge on any atom is -0.393 e. The topological polar surface area (TPSA) is 74.2 Å². The molecule has 1 heterocycles. The van der Waals surface area contributed by atoms with Crippen LogP contribution in [0.5, 0.6) is 0 Å². The predicted molar refractivity (Wildman–Crippen MR) is 92.7 cm³/mol. The Labute approximate surface area is 139 Å². The number of hydrogen-bond donors (Lipinski definition) is 3. The summed E-state index contributed by atoms with van der Waals surface area (Å²) in [6.45, 7) is 2.66. The molecule has 3 rings (SSSR count). The molecule has 23 heavy (non-hydrogen) atoms. The molecule has 0 bridgehead atoms. The summed E-state index contributed by atoms with van der Waals surface area (Å²) in [5.41, 5.74) is 2.32. The van der Waals surface area contributed by atoms with Gasteiger partial charge in [-0.25, -0.2) is 9.78 Å². The highest BCUT2D eigenvalue weighted by Crippen LogP contribution is 2.31. The lowest BCUT2D eigenvalue weighted by Crippen LogP contribution is -2.32. The molecule has 122 valence electrons. The maximum Gasteiger partial charge on any atom is 0.321 e. The quantitative estimate of drug-likeness (QED) is 0.804. The fourth-order valence-electron chi connectivity index (χ4n) is 2.92. The van der Waals surface area contributed by atoms with E-state index in [4.69, 9.17) is 0 Å². The number of aliphatic hydroxyl groups excluding tert-OH is 1. The number of carbonyl (C=O) groups is 1. The van der Waals surface area contributed by atoms with E-state index >= 15 is 0 Å². The summed E-state index contributed by atoms with van der Waals surface area (Å²) >= 11 is 1.46. The summed E-state index contributed by atoms with van der Waals surface area (Å²) in [6.07, 6.45) is 4.15.